The molecule has 0 unspecified atom stereocenters. The molecule has 1 heterocycles. The maximum Gasteiger partial charge on any atom is 0.201 e. The van der Waals surface area contributed by atoms with E-state index in [1.807, 2.05) is 19.1 Å². The van der Waals surface area contributed by atoms with Crippen molar-refractivity contribution in [2.24, 2.45) is 5.92 Å². The Morgan fingerprint density at radius 3 is 2.55 bits per heavy atom. The number of rotatable bonds is 4. The van der Waals surface area contributed by atoms with E-state index in [1.54, 1.807) is 6.07 Å². The summed E-state index contributed by atoms with van der Waals surface area (Å²) in [4.78, 5) is 1.81. The van der Waals surface area contributed by atoms with Gasteiger partial charge in [0.25, 0.3) is 0 Å². The predicted molar refractivity (Wildman–Crippen MR) is 77.2 cm³/mol. The molecule has 1 aliphatic rings. The van der Waals surface area contributed by atoms with E-state index in [0.29, 0.717) is 18.1 Å². The van der Waals surface area contributed by atoms with Crippen molar-refractivity contribution in [3.8, 4) is 16.2 Å². The SMILES string of the molecule is Cc1ccc(-c2ccc(OCC3CCC3)c(F)c2F)s1. The summed E-state index contributed by atoms with van der Waals surface area (Å²) >= 11 is 1.45. The third-order valence-corrected chi connectivity index (χ3v) is 4.79. The van der Waals surface area contributed by atoms with Crippen molar-refractivity contribution in [2.45, 2.75) is 26.2 Å². The van der Waals surface area contributed by atoms with Crippen LogP contribution in [0.2, 0.25) is 0 Å². The number of thiophene rings is 1. The summed E-state index contributed by atoms with van der Waals surface area (Å²) in [7, 11) is 0. The first kappa shape index (κ1) is 13.6. The van der Waals surface area contributed by atoms with Crippen LogP contribution >= 0.6 is 11.3 Å². The van der Waals surface area contributed by atoms with Crippen LogP contribution in [0.15, 0.2) is 24.3 Å². The summed E-state index contributed by atoms with van der Waals surface area (Å²) in [5.74, 6) is -1.19. The first-order chi connectivity index (χ1) is 9.65. The van der Waals surface area contributed by atoms with Crippen molar-refractivity contribution in [2.75, 3.05) is 6.61 Å². The number of aryl methyl sites for hydroxylation is 1. The van der Waals surface area contributed by atoms with E-state index >= 15 is 0 Å². The molecule has 0 saturated heterocycles. The highest BCUT2D eigenvalue weighted by atomic mass is 32.1. The van der Waals surface area contributed by atoms with Crippen molar-refractivity contribution in [3.05, 3.63) is 40.8 Å². The van der Waals surface area contributed by atoms with Gasteiger partial charge in [-0.2, -0.15) is 4.39 Å². The zero-order chi connectivity index (χ0) is 14.1. The van der Waals surface area contributed by atoms with Gasteiger partial charge in [-0.1, -0.05) is 6.42 Å². The highest BCUT2D eigenvalue weighted by molar-refractivity contribution is 7.15. The van der Waals surface area contributed by atoms with E-state index < -0.39 is 11.6 Å². The van der Waals surface area contributed by atoms with E-state index in [0.717, 1.165) is 22.6 Å². The standard InChI is InChI=1S/C16H16F2OS/c1-10-5-8-14(20-10)12-6-7-13(16(18)15(12)17)19-9-11-3-2-4-11/h5-8,11H,2-4,9H2,1H3. The van der Waals surface area contributed by atoms with Gasteiger partial charge >= 0.3 is 0 Å². The largest absolute Gasteiger partial charge is 0.490 e. The van der Waals surface area contributed by atoms with Crippen molar-refractivity contribution in [3.63, 3.8) is 0 Å². The quantitative estimate of drug-likeness (QED) is 0.755. The molecule has 1 nitrogen and oxygen atoms in total. The van der Waals surface area contributed by atoms with Gasteiger partial charge in [0.15, 0.2) is 11.6 Å². The molecule has 1 fully saturated rings. The third-order valence-electron chi connectivity index (χ3n) is 3.75. The Balaban J connectivity index is 1.82. The van der Waals surface area contributed by atoms with Gasteiger partial charge in [0.05, 0.1) is 6.61 Å². The lowest BCUT2D eigenvalue weighted by Crippen LogP contribution is -2.19. The highest BCUT2D eigenvalue weighted by Crippen LogP contribution is 2.34. The van der Waals surface area contributed by atoms with Crippen LogP contribution in [0.4, 0.5) is 8.78 Å². The van der Waals surface area contributed by atoms with E-state index in [-0.39, 0.29) is 5.75 Å². The van der Waals surface area contributed by atoms with Gasteiger partial charge in [-0.3, -0.25) is 0 Å². The maximum absolute atomic E-state index is 14.1. The molecule has 1 aromatic heterocycles. The Hall–Kier alpha value is -1.42. The number of ether oxygens (including phenoxy) is 1. The van der Waals surface area contributed by atoms with Crippen LogP contribution < -0.4 is 4.74 Å². The number of benzene rings is 1. The Bertz CT molecular complexity index is 617. The fourth-order valence-corrected chi connectivity index (χ4v) is 3.17. The van der Waals surface area contributed by atoms with Crippen LogP contribution in [0.5, 0.6) is 5.75 Å². The second-order valence-electron chi connectivity index (χ2n) is 5.26. The summed E-state index contributed by atoms with van der Waals surface area (Å²) in [6, 6.07) is 6.84. The van der Waals surface area contributed by atoms with Crippen LogP contribution in [-0.2, 0) is 0 Å². The molecule has 0 radical (unpaired) electrons. The van der Waals surface area contributed by atoms with Crippen molar-refractivity contribution < 1.29 is 13.5 Å². The normalized spacial score (nSPS) is 15.2. The molecule has 4 heteroatoms. The van der Waals surface area contributed by atoms with Crippen LogP contribution in [0.1, 0.15) is 24.1 Å². The molecular weight excluding hydrogens is 278 g/mol. The molecule has 0 N–H and O–H groups in total. The summed E-state index contributed by atoms with van der Waals surface area (Å²) in [5.41, 5.74) is 0.302. The van der Waals surface area contributed by atoms with Gasteiger partial charge in [-0.15, -0.1) is 11.3 Å². The van der Waals surface area contributed by atoms with Gasteiger partial charge in [0, 0.05) is 15.3 Å². The summed E-state index contributed by atoms with van der Waals surface area (Å²) < 4.78 is 33.6. The van der Waals surface area contributed by atoms with E-state index in [1.165, 1.54) is 23.8 Å². The van der Waals surface area contributed by atoms with Gasteiger partial charge in [-0.05, 0) is 49.9 Å². The molecule has 0 atom stereocenters. The minimum absolute atomic E-state index is 0.0198. The Morgan fingerprint density at radius 1 is 1.15 bits per heavy atom. The lowest BCUT2D eigenvalue weighted by atomic mass is 9.86. The zero-order valence-electron chi connectivity index (χ0n) is 11.3. The van der Waals surface area contributed by atoms with Crippen molar-refractivity contribution in [1.29, 1.82) is 0 Å². The van der Waals surface area contributed by atoms with Gasteiger partial charge in [-0.25, -0.2) is 4.39 Å². The van der Waals surface area contributed by atoms with Crippen molar-refractivity contribution in [1.82, 2.24) is 0 Å². The monoisotopic (exact) mass is 294 g/mol. The lowest BCUT2D eigenvalue weighted by Gasteiger charge is -2.25. The molecule has 0 aliphatic heterocycles. The summed E-state index contributed by atoms with van der Waals surface area (Å²) in [5, 5.41) is 0. The topological polar surface area (TPSA) is 9.23 Å². The molecule has 20 heavy (non-hydrogen) atoms. The average molecular weight is 294 g/mol. The van der Waals surface area contributed by atoms with Gasteiger partial charge in [0.2, 0.25) is 5.82 Å². The Kier molecular flexibility index (Phi) is 3.74. The average Bonchev–Trinajstić information content (AvgIpc) is 2.79. The molecule has 0 bridgehead atoms. The highest BCUT2D eigenvalue weighted by Gasteiger charge is 2.21. The first-order valence-corrected chi connectivity index (χ1v) is 7.64. The molecule has 2 aromatic rings. The van der Waals surface area contributed by atoms with Crippen LogP contribution in [0.3, 0.4) is 0 Å². The Labute approximate surface area is 121 Å². The molecule has 0 amide bonds. The minimum atomic E-state index is -0.882. The molecule has 1 aromatic carbocycles. The zero-order valence-corrected chi connectivity index (χ0v) is 12.1. The van der Waals surface area contributed by atoms with E-state index in [4.69, 9.17) is 4.74 Å². The maximum atomic E-state index is 14.1. The first-order valence-electron chi connectivity index (χ1n) is 6.83. The molecule has 106 valence electrons. The molecule has 3 rings (SSSR count). The fourth-order valence-electron chi connectivity index (χ4n) is 2.28. The smallest absolute Gasteiger partial charge is 0.201 e. The van der Waals surface area contributed by atoms with E-state index in [9.17, 15) is 8.78 Å². The van der Waals surface area contributed by atoms with Gasteiger partial charge < -0.3 is 4.74 Å². The number of hydrogen-bond acceptors (Lipinski definition) is 2. The lowest BCUT2D eigenvalue weighted by molar-refractivity contribution is 0.174. The van der Waals surface area contributed by atoms with Crippen molar-refractivity contribution >= 4 is 11.3 Å². The molecule has 1 saturated carbocycles. The Morgan fingerprint density at radius 2 is 1.95 bits per heavy atom. The molecular formula is C16H16F2OS. The number of hydrogen-bond donors (Lipinski definition) is 0. The molecule has 0 spiro atoms. The fraction of sp³-hybridized carbons (Fsp3) is 0.375. The third kappa shape index (κ3) is 2.57. The summed E-state index contributed by atoms with van der Waals surface area (Å²) in [6.07, 6.45) is 3.45. The predicted octanol–water partition coefficient (Wildman–Crippen LogP) is 5.18. The second-order valence-corrected chi connectivity index (χ2v) is 6.55. The van der Waals surface area contributed by atoms with Crippen LogP contribution in [-0.4, -0.2) is 6.61 Å². The summed E-state index contributed by atoms with van der Waals surface area (Å²) in [6.45, 7) is 2.42. The second kappa shape index (κ2) is 5.52. The van der Waals surface area contributed by atoms with E-state index in [2.05, 4.69) is 0 Å². The van der Waals surface area contributed by atoms with Crippen LogP contribution in [0.25, 0.3) is 10.4 Å². The van der Waals surface area contributed by atoms with Gasteiger partial charge in [0.1, 0.15) is 0 Å². The van der Waals surface area contributed by atoms with Crippen LogP contribution in [0, 0.1) is 24.5 Å². The molecule has 1 aliphatic carbocycles. The minimum Gasteiger partial charge on any atom is -0.490 e. The number of halogens is 2.